The molecular weight excluding hydrogens is 315 g/mol. The zero-order valence-electron chi connectivity index (χ0n) is 11.6. The summed E-state index contributed by atoms with van der Waals surface area (Å²) < 4.78 is 2.22. The van der Waals surface area contributed by atoms with Crippen molar-refractivity contribution in [2.75, 3.05) is 0 Å². The quantitative estimate of drug-likeness (QED) is 0.647. The van der Waals surface area contributed by atoms with Gasteiger partial charge in [0.05, 0.1) is 26.5 Å². The van der Waals surface area contributed by atoms with E-state index in [-0.39, 0.29) is 5.38 Å². The first-order valence-corrected chi connectivity index (χ1v) is 8.08. The Kier molecular flexibility index (Phi) is 3.68. The molecule has 5 heteroatoms. The molecule has 3 rings (SSSR count). The maximum Gasteiger partial charge on any atom is 0.127 e. The zero-order chi connectivity index (χ0) is 14.5. The van der Waals surface area contributed by atoms with Gasteiger partial charge in [-0.15, -0.1) is 11.6 Å². The van der Waals surface area contributed by atoms with Crippen molar-refractivity contribution in [1.82, 2.24) is 9.55 Å². The van der Waals surface area contributed by atoms with Crippen molar-refractivity contribution in [2.45, 2.75) is 45.0 Å². The second kappa shape index (κ2) is 5.08. The number of imidazole rings is 1. The number of fused-ring (bicyclic) bond motifs is 1. The Balaban J connectivity index is 2.15. The molecule has 0 spiro atoms. The molecule has 1 aromatic carbocycles. The maximum atomic E-state index is 6.30. The molecule has 0 saturated heterocycles. The second-order valence-corrected chi connectivity index (χ2v) is 7.56. The standard InChI is InChI=1S/C15H17Cl3N2/c1-9(16)14-19-12-6-10(17)11(18)7-13(12)20(14)8-15(2)4-3-5-15/h6-7,9H,3-5,8H2,1-2H3. The van der Waals surface area contributed by atoms with Crippen LogP contribution in [-0.4, -0.2) is 9.55 Å². The summed E-state index contributed by atoms with van der Waals surface area (Å²) in [5, 5.41) is 0.962. The minimum Gasteiger partial charge on any atom is -0.326 e. The highest BCUT2D eigenvalue weighted by Gasteiger charge is 2.33. The summed E-state index contributed by atoms with van der Waals surface area (Å²) >= 11 is 18.5. The fourth-order valence-electron chi connectivity index (χ4n) is 2.93. The van der Waals surface area contributed by atoms with Gasteiger partial charge >= 0.3 is 0 Å². The van der Waals surface area contributed by atoms with E-state index in [4.69, 9.17) is 34.8 Å². The highest BCUT2D eigenvalue weighted by atomic mass is 35.5. The van der Waals surface area contributed by atoms with Gasteiger partial charge in [0, 0.05) is 6.54 Å². The molecule has 1 unspecified atom stereocenters. The van der Waals surface area contributed by atoms with Crippen LogP contribution in [0, 0.1) is 5.41 Å². The fraction of sp³-hybridized carbons (Fsp3) is 0.533. The van der Waals surface area contributed by atoms with Gasteiger partial charge in [0.2, 0.25) is 0 Å². The van der Waals surface area contributed by atoms with E-state index >= 15 is 0 Å². The van der Waals surface area contributed by atoms with Gasteiger partial charge < -0.3 is 4.57 Å². The molecule has 0 bridgehead atoms. The molecule has 1 heterocycles. The summed E-state index contributed by atoms with van der Waals surface area (Å²) in [6, 6.07) is 3.72. The van der Waals surface area contributed by atoms with E-state index in [9.17, 15) is 0 Å². The Morgan fingerprint density at radius 3 is 2.50 bits per heavy atom. The molecule has 0 N–H and O–H groups in total. The molecule has 1 aliphatic carbocycles. The van der Waals surface area contributed by atoms with Crippen molar-refractivity contribution in [3.8, 4) is 0 Å². The summed E-state index contributed by atoms with van der Waals surface area (Å²) in [6.07, 6.45) is 3.82. The number of alkyl halides is 1. The summed E-state index contributed by atoms with van der Waals surface area (Å²) in [7, 11) is 0. The van der Waals surface area contributed by atoms with Crippen LogP contribution in [0.2, 0.25) is 10.0 Å². The van der Waals surface area contributed by atoms with E-state index in [2.05, 4.69) is 16.5 Å². The lowest BCUT2D eigenvalue weighted by molar-refractivity contribution is 0.132. The van der Waals surface area contributed by atoms with E-state index in [1.165, 1.54) is 19.3 Å². The average Bonchev–Trinajstić information content (AvgIpc) is 2.67. The van der Waals surface area contributed by atoms with Crippen molar-refractivity contribution in [3.05, 3.63) is 28.0 Å². The minimum atomic E-state index is -0.136. The van der Waals surface area contributed by atoms with Crippen LogP contribution in [0.4, 0.5) is 0 Å². The van der Waals surface area contributed by atoms with E-state index in [0.29, 0.717) is 15.5 Å². The average molecular weight is 332 g/mol. The molecule has 1 saturated carbocycles. The van der Waals surface area contributed by atoms with Crippen LogP contribution in [0.5, 0.6) is 0 Å². The molecule has 1 aromatic heterocycles. The third kappa shape index (κ3) is 2.43. The molecule has 1 fully saturated rings. The lowest BCUT2D eigenvalue weighted by Crippen LogP contribution is -2.31. The van der Waals surface area contributed by atoms with Crippen LogP contribution >= 0.6 is 34.8 Å². The monoisotopic (exact) mass is 330 g/mol. The number of halogens is 3. The number of benzene rings is 1. The van der Waals surface area contributed by atoms with Gasteiger partial charge in [-0.05, 0) is 37.3 Å². The number of aromatic nitrogens is 2. The molecule has 20 heavy (non-hydrogen) atoms. The highest BCUT2D eigenvalue weighted by Crippen LogP contribution is 2.43. The molecule has 0 radical (unpaired) electrons. The first-order chi connectivity index (χ1) is 9.39. The van der Waals surface area contributed by atoms with Crippen LogP contribution < -0.4 is 0 Å². The number of hydrogen-bond acceptors (Lipinski definition) is 1. The molecule has 0 aliphatic heterocycles. The predicted octanol–water partition coefficient (Wildman–Crippen LogP) is 5.83. The second-order valence-electron chi connectivity index (χ2n) is 6.09. The van der Waals surface area contributed by atoms with Crippen LogP contribution in [0.3, 0.4) is 0 Å². The summed E-state index contributed by atoms with van der Waals surface area (Å²) in [6.45, 7) is 5.21. The number of hydrogen-bond donors (Lipinski definition) is 0. The molecule has 0 amide bonds. The van der Waals surface area contributed by atoms with Crippen LogP contribution in [-0.2, 0) is 6.54 Å². The van der Waals surface area contributed by atoms with Gasteiger partial charge in [-0.2, -0.15) is 0 Å². The molecule has 1 atom stereocenters. The van der Waals surface area contributed by atoms with Crippen molar-refractivity contribution in [3.63, 3.8) is 0 Å². The van der Waals surface area contributed by atoms with E-state index in [1.54, 1.807) is 0 Å². The largest absolute Gasteiger partial charge is 0.326 e. The first-order valence-electron chi connectivity index (χ1n) is 6.89. The third-order valence-electron chi connectivity index (χ3n) is 4.28. The fourth-order valence-corrected chi connectivity index (χ4v) is 3.41. The molecule has 1 aliphatic rings. The lowest BCUT2D eigenvalue weighted by atomic mass is 9.70. The van der Waals surface area contributed by atoms with Gasteiger partial charge in [0.15, 0.2) is 0 Å². The predicted molar refractivity (Wildman–Crippen MR) is 86.0 cm³/mol. The summed E-state index contributed by atoms with van der Waals surface area (Å²) in [5.41, 5.74) is 2.24. The van der Waals surface area contributed by atoms with Crippen LogP contribution in [0.15, 0.2) is 12.1 Å². The van der Waals surface area contributed by atoms with Crippen LogP contribution in [0.25, 0.3) is 11.0 Å². The van der Waals surface area contributed by atoms with Crippen molar-refractivity contribution < 1.29 is 0 Å². The molecule has 108 valence electrons. The smallest absolute Gasteiger partial charge is 0.127 e. The highest BCUT2D eigenvalue weighted by molar-refractivity contribution is 6.42. The molecule has 2 aromatic rings. The van der Waals surface area contributed by atoms with Gasteiger partial charge in [0.25, 0.3) is 0 Å². The molecule has 2 nitrogen and oxygen atoms in total. The van der Waals surface area contributed by atoms with Crippen molar-refractivity contribution in [2.24, 2.45) is 5.41 Å². The van der Waals surface area contributed by atoms with E-state index in [1.807, 2.05) is 19.1 Å². The normalized spacial score (nSPS) is 19.1. The zero-order valence-corrected chi connectivity index (χ0v) is 13.9. The Hall–Kier alpha value is -0.440. The number of rotatable bonds is 3. The topological polar surface area (TPSA) is 17.8 Å². The van der Waals surface area contributed by atoms with Gasteiger partial charge in [-0.3, -0.25) is 0 Å². The summed E-state index contributed by atoms with van der Waals surface area (Å²) in [4.78, 5) is 4.64. The Morgan fingerprint density at radius 2 is 1.95 bits per heavy atom. The number of nitrogens with zero attached hydrogens (tertiary/aromatic N) is 2. The minimum absolute atomic E-state index is 0.136. The lowest BCUT2D eigenvalue weighted by Gasteiger charge is -2.39. The Morgan fingerprint density at radius 1 is 1.30 bits per heavy atom. The summed E-state index contributed by atoms with van der Waals surface area (Å²) in [5.74, 6) is 0.896. The van der Waals surface area contributed by atoms with Gasteiger partial charge in [-0.1, -0.05) is 36.5 Å². The third-order valence-corrected chi connectivity index (χ3v) is 5.19. The van der Waals surface area contributed by atoms with Crippen molar-refractivity contribution in [1.29, 1.82) is 0 Å². The van der Waals surface area contributed by atoms with E-state index < -0.39 is 0 Å². The van der Waals surface area contributed by atoms with Gasteiger partial charge in [-0.25, -0.2) is 4.98 Å². The maximum absolute atomic E-state index is 6.30. The van der Waals surface area contributed by atoms with Gasteiger partial charge in [0.1, 0.15) is 5.82 Å². The van der Waals surface area contributed by atoms with Crippen LogP contribution in [0.1, 0.15) is 44.3 Å². The first kappa shape index (κ1) is 14.5. The Bertz CT molecular complexity index is 657. The van der Waals surface area contributed by atoms with Crippen molar-refractivity contribution >= 4 is 45.8 Å². The SMILES string of the molecule is CC(Cl)c1nc2cc(Cl)c(Cl)cc2n1CC1(C)CCC1. The Labute approximate surface area is 134 Å². The van der Waals surface area contributed by atoms with E-state index in [0.717, 1.165) is 23.4 Å². The molecular formula is C15H17Cl3N2.